The van der Waals surface area contributed by atoms with Crippen LogP contribution in [0.25, 0.3) is 27.5 Å². The van der Waals surface area contributed by atoms with E-state index in [9.17, 15) is 0 Å². The molecule has 2 aromatic carbocycles. The zero-order valence-electron chi connectivity index (χ0n) is 13.8. The maximum absolute atomic E-state index is 6.24. The summed E-state index contributed by atoms with van der Waals surface area (Å²) in [6.45, 7) is 0. The topological polar surface area (TPSA) is 42.8 Å². The number of para-hydroxylation sites is 2. The molecule has 2 heterocycles. The monoisotopic (exact) mass is 395 g/mol. The van der Waals surface area contributed by atoms with Gasteiger partial charge < -0.3 is 4.42 Å². The summed E-state index contributed by atoms with van der Waals surface area (Å²) in [4.78, 5) is 5.01. The number of rotatable bonds is 1. The number of aromatic nitrogens is 2. The summed E-state index contributed by atoms with van der Waals surface area (Å²) in [7, 11) is 0. The molecule has 2 aromatic heterocycles. The van der Waals surface area contributed by atoms with Crippen LogP contribution in [-0.4, -0.2) is 15.7 Å². The summed E-state index contributed by atoms with van der Waals surface area (Å²) in [5.41, 5.74) is 4.39. The van der Waals surface area contributed by atoms with E-state index in [0.29, 0.717) is 11.6 Å². The van der Waals surface area contributed by atoms with Gasteiger partial charge in [0.1, 0.15) is 11.0 Å². The van der Waals surface area contributed by atoms with Gasteiger partial charge in [-0.1, -0.05) is 47.3 Å². The van der Waals surface area contributed by atoms with Crippen molar-refractivity contribution in [1.29, 1.82) is 0 Å². The fourth-order valence-corrected chi connectivity index (χ4v) is 4.13. The van der Waals surface area contributed by atoms with Crippen molar-refractivity contribution in [3.63, 3.8) is 0 Å². The van der Waals surface area contributed by atoms with Crippen molar-refractivity contribution in [2.45, 2.75) is 38.1 Å². The Balaban J connectivity index is 1.91. The summed E-state index contributed by atoms with van der Waals surface area (Å²) in [5, 5.41) is 5.88. The van der Waals surface area contributed by atoms with E-state index in [1.807, 2.05) is 40.9 Å². The first-order valence-corrected chi connectivity index (χ1v) is 9.62. The van der Waals surface area contributed by atoms with Crippen LogP contribution in [0.4, 0.5) is 0 Å². The predicted molar refractivity (Wildman–Crippen MR) is 103 cm³/mol. The van der Waals surface area contributed by atoms with Gasteiger partial charge >= 0.3 is 0 Å². The Hall–Kier alpha value is -2.14. The fourth-order valence-electron chi connectivity index (χ4n) is 3.77. The van der Waals surface area contributed by atoms with Crippen LogP contribution in [0, 0.1) is 0 Å². The van der Waals surface area contributed by atoms with E-state index in [4.69, 9.17) is 14.5 Å². The first-order chi connectivity index (χ1) is 12.3. The largest absolute Gasteiger partial charge is 0.435 e. The van der Waals surface area contributed by atoms with Crippen molar-refractivity contribution in [1.82, 2.24) is 9.61 Å². The van der Waals surface area contributed by atoms with E-state index in [1.54, 1.807) is 0 Å². The normalized spacial score (nSPS) is 17.1. The molecule has 0 aliphatic heterocycles. The minimum Gasteiger partial charge on any atom is -0.435 e. The van der Waals surface area contributed by atoms with Gasteiger partial charge in [0.05, 0.1) is 11.6 Å². The first-order valence-electron chi connectivity index (χ1n) is 8.83. The van der Waals surface area contributed by atoms with Gasteiger partial charge in [-0.2, -0.15) is 5.10 Å². The smallest absolute Gasteiger partial charge is 0.241 e. The molecular formula is C20H18BrN3O. The molecular weight excluding hydrogens is 378 g/mol. The van der Waals surface area contributed by atoms with Gasteiger partial charge in [-0.15, -0.1) is 0 Å². The molecule has 25 heavy (non-hydrogen) atoms. The summed E-state index contributed by atoms with van der Waals surface area (Å²) in [6.07, 6.45) is 6.11. The van der Waals surface area contributed by atoms with Crippen molar-refractivity contribution < 1.29 is 4.42 Å². The highest BCUT2D eigenvalue weighted by Crippen LogP contribution is 2.25. The quantitative estimate of drug-likeness (QED) is 0.442. The maximum atomic E-state index is 6.24. The molecule has 0 amide bonds. The molecule has 0 radical (unpaired) electrons. The summed E-state index contributed by atoms with van der Waals surface area (Å²) >= 11 is 3.58. The lowest BCUT2D eigenvalue weighted by Gasteiger charge is -2.16. The standard InChI is InChI=1S/C20H18BrN3O/c21-13-10-11-16-15(12-13)19-20(22-14-6-2-1-3-7-14)25-18-9-5-4-8-17(18)24(19)23-16/h4-5,8-12,14H,1-3,6-7H2. The molecule has 1 aliphatic carbocycles. The van der Waals surface area contributed by atoms with E-state index in [2.05, 4.69) is 22.0 Å². The van der Waals surface area contributed by atoms with E-state index >= 15 is 0 Å². The Bertz CT molecular complexity index is 1150. The van der Waals surface area contributed by atoms with Crippen molar-refractivity contribution in [2.75, 3.05) is 0 Å². The number of halogens is 1. The molecule has 5 heteroatoms. The van der Waals surface area contributed by atoms with E-state index < -0.39 is 0 Å². The van der Waals surface area contributed by atoms with Crippen molar-refractivity contribution in [3.05, 3.63) is 52.5 Å². The zero-order valence-corrected chi connectivity index (χ0v) is 15.4. The van der Waals surface area contributed by atoms with Crippen LogP contribution < -0.4 is 5.55 Å². The number of nitrogens with zero attached hydrogens (tertiary/aromatic N) is 3. The Labute approximate surface area is 153 Å². The molecule has 0 atom stereocenters. The van der Waals surface area contributed by atoms with Gasteiger partial charge in [0.2, 0.25) is 5.55 Å². The second-order valence-corrected chi connectivity index (χ2v) is 7.63. The lowest BCUT2D eigenvalue weighted by atomic mass is 9.96. The summed E-state index contributed by atoms with van der Waals surface area (Å²) < 4.78 is 9.26. The molecule has 126 valence electrons. The lowest BCUT2D eigenvalue weighted by Crippen LogP contribution is -2.16. The van der Waals surface area contributed by atoms with Gasteiger partial charge in [0.25, 0.3) is 0 Å². The van der Waals surface area contributed by atoms with Crippen LogP contribution in [0.1, 0.15) is 32.1 Å². The first kappa shape index (κ1) is 15.1. The molecule has 4 aromatic rings. The molecule has 1 fully saturated rings. The van der Waals surface area contributed by atoms with E-state index in [1.165, 1.54) is 19.3 Å². The van der Waals surface area contributed by atoms with Crippen molar-refractivity contribution in [3.8, 4) is 0 Å². The molecule has 0 unspecified atom stereocenters. The Morgan fingerprint density at radius 3 is 2.80 bits per heavy atom. The summed E-state index contributed by atoms with van der Waals surface area (Å²) in [6, 6.07) is 14.5. The minimum absolute atomic E-state index is 0.347. The van der Waals surface area contributed by atoms with Gasteiger partial charge in [-0.3, -0.25) is 0 Å². The zero-order chi connectivity index (χ0) is 16.8. The molecule has 1 saturated carbocycles. The Morgan fingerprint density at radius 2 is 1.92 bits per heavy atom. The highest BCUT2D eigenvalue weighted by Gasteiger charge is 2.16. The highest BCUT2D eigenvalue weighted by molar-refractivity contribution is 9.10. The van der Waals surface area contributed by atoms with Crippen LogP contribution in [0.15, 0.2) is 56.3 Å². The molecule has 4 nitrogen and oxygen atoms in total. The van der Waals surface area contributed by atoms with Gasteiger partial charge in [0, 0.05) is 9.86 Å². The molecule has 1 aliphatic rings. The van der Waals surface area contributed by atoms with Crippen LogP contribution in [0.5, 0.6) is 0 Å². The second-order valence-electron chi connectivity index (χ2n) is 6.72. The minimum atomic E-state index is 0.347. The maximum Gasteiger partial charge on any atom is 0.241 e. The van der Waals surface area contributed by atoms with E-state index in [0.717, 1.165) is 44.8 Å². The SMILES string of the molecule is Brc1ccc2nn3c4ccccc4oc(=NC4CCCCC4)c3c2c1. The molecule has 0 bridgehead atoms. The van der Waals surface area contributed by atoms with Crippen molar-refractivity contribution in [2.24, 2.45) is 4.99 Å². The van der Waals surface area contributed by atoms with Gasteiger partial charge in [-0.05, 0) is 43.2 Å². The van der Waals surface area contributed by atoms with Crippen LogP contribution in [-0.2, 0) is 0 Å². The number of hydrogen-bond donors (Lipinski definition) is 0. The number of fused-ring (bicyclic) bond motifs is 5. The van der Waals surface area contributed by atoms with Gasteiger partial charge in [-0.25, -0.2) is 9.51 Å². The fraction of sp³-hybridized carbons (Fsp3) is 0.300. The highest BCUT2D eigenvalue weighted by atomic mass is 79.9. The van der Waals surface area contributed by atoms with E-state index in [-0.39, 0.29) is 0 Å². The Kier molecular flexibility index (Phi) is 3.63. The lowest BCUT2D eigenvalue weighted by molar-refractivity contribution is 0.418. The average molecular weight is 396 g/mol. The van der Waals surface area contributed by atoms with Crippen LogP contribution >= 0.6 is 15.9 Å². The second kappa shape index (κ2) is 5.99. The number of benzene rings is 2. The molecule has 0 spiro atoms. The van der Waals surface area contributed by atoms with Crippen LogP contribution in [0.3, 0.4) is 0 Å². The van der Waals surface area contributed by atoms with Gasteiger partial charge in [0.15, 0.2) is 5.58 Å². The third kappa shape index (κ3) is 2.58. The third-order valence-electron chi connectivity index (χ3n) is 5.01. The van der Waals surface area contributed by atoms with Crippen LogP contribution in [0.2, 0.25) is 0 Å². The third-order valence-corrected chi connectivity index (χ3v) is 5.50. The molecule has 5 rings (SSSR count). The van der Waals surface area contributed by atoms with Crippen molar-refractivity contribution >= 4 is 43.4 Å². The average Bonchev–Trinajstić information content (AvgIpc) is 3.02. The number of hydrogen-bond acceptors (Lipinski definition) is 3. The predicted octanol–water partition coefficient (Wildman–Crippen LogP) is 5.23. The molecule has 0 saturated heterocycles. The summed E-state index contributed by atoms with van der Waals surface area (Å²) in [5.74, 6) is 0. The Morgan fingerprint density at radius 1 is 1.08 bits per heavy atom. The molecule has 0 N–H and O–H groups in total.